The highest BCUT2D eigenvalue weighted by atomic mass is 19.1. The lowest BCUT2D eigenvalue weighted by Crippen LogP contribution is -2.41. The number of nitrogens with zero attached hydrogens (tertiary/aromatic N) is 1. The largest absolute Gasteiger partial charge is 0.493 e. The smallest absolute Gasteiger partial charge is 0.239 e. The molecular weight excluding hydrogens is 391 g/mol. The van der Waals surface area contributed by atoms with Gasteiger partial charge in [0.05, 0.1) is 34.3 Å². The first-order valence-electron chi connectivity index (χ1n) is 9.49. The molecular formula is C22H27FN2O5. The number of carbonyl (C=O) groups is 2. The number of nitrogens with one attached hydrogen (secondary N) is 1. The van der Waals surface area contributed by atoms with Crippen LogP contribution in [0.3, 0.4) is 0 Å². The molecule has 1 N–H and O–H groups in total. The summed E-state index contributed by atoms with van der Waals surface area (Å²) in [6, 6.07) is 9.29. The Bertz CT molecular complexity index is 845. The predicted octanol–water partition coefficient (Wildman–Crippen LogP) is 2.56. The SMILES string of the molecule is CCN(CC(=O)NCc1ccc(F)cc1)C(=O)Cc1cc(OC)c(OC)c(OC)c1. The summed E-state index contributed by atoms with van der Waals surface area (Å²) in [5, 5.41) is 2.74. The lowest BCUT2D eigenvalue weighted by molar-refractivity contribution is -0.135. The topological polar surface area (TPSA) is 77.1 Å². The van der Waals surface area contributed by atoms with E-state index in [9.17, 15) is 14.0 Å². The molecule has 0 aliphatic carbocycles. The lowest BCUT2D eigenvalue weighted by atomic mass is 10.1. The number of likely N-dealkylation sites (N-methyl/N-ethyl adjacent to an activating group) is 1. The van der Waals surface area contributed by atoms with Crippen LogP contribution in [0, 0.1) is 5.82 Å². The first kappa shape index (κ1) is 23.0. The Balaban J connectivity index is 2.00. The van der Waals surface area contributed by atoms with E-state index in [2.05, 4.69) is 5.32 Å². The maximum atomic E-state index is 13.0. The maximum absolute atomic E-state index is 13.0. The van der Waals surface area contributed by atoms with Crippen molar-refractivity contribution in [3.05, 3.63) is 53.3 Å². The van der Waals surface area contributed by atoms with E-state index >= 15 is 0 Å². The van der Waals surface area contributed by atoms with Crippen molar-refractivity contribution in [3.63, 3.8) is 0 Å². The monoisotopic (exact) mass is 418 g/mol. The number of halogens is 1. The summed E-state index contributed by atoms with van der Waals surface area (Å²) < 4.78 is 28.9. The van der Waals surface area contributed by atoms with E-state index < -0.39 is 0 Å². The zero-order valence-electron chi connectivity index (χ0n) is 17.7. The van der Waals surface area contributed by atoms with E-state index in [0.29, 0.717) is 29.4 Å². The Kier molecular flexibility index (Phi) is 8.46. The van der Waals surface area contributed by atoms with Gasteiger partial charge in [-0.25, -0.2) is 4.39 Å². The van der Waals surface area contributed by atoms with Crippen LogP contribution >= 0.6 is 0 Å². The van der Waals surface area contributed by atoms with Gasteiger partial charge in [0.1, 0.15) is 5.82 Å². The summed E-state index contributed by atoms with van der Waals surface area (Å²) in [6.45, 7) is 2.38. The van der Waals surface area contributed by atoms with Gasteiger partial charge in [-0.3, -0.25) is 9.59 Å². The van der Waals surface area contributed by atoms with Crippen LogP contribution < -0.4 is 19.5 Å². The maximum Gasteiger partial charge on any atom is 0.239 e. The molecule has 2 amide bonds. The van der Waals surface area contributed by atoms with Crippen LogP contribution in [0.4, 0.5) is 4.39 Å². The van der Waals surface area contributed by atoms with E-state index in [-0.39, 0.29) is 37.1 Å². The Morgan fingerprint density at radius 1 is 0.967 bits per heavy atom. The van der Waals surface area contributed by atoms with E-state index in [1.165, 1.54) is 38.4 Å². The normalized spacial score (nSPS) is 10.3. The molecule has 0 atom stereocenters. The molecule has 0 aromatic heterocycles. The van der Waals surface area contributed by atoms with Gasteiger partial charge in [-0.1, -0.05) is 12.1 Å². The number of hydrogen-bond acceptors (Lipinski definition) is 5. The summed E-state index contributed by atoms with van der Waals surface area (Å²) >= 11 is 0. The minimum absolute atomic E-state index is 0.0685. The molecule has 0 bridgehead atoms. The molecule has 8 heteroatoms. The number of rotatable bonds is 10. The number of carbonyl (C=O) groups excluding carboxylic acids is 2. The van der Waals surface area contributed by atoms with E-state index in [4.69, 9.17) is 14.2 Å². The van der Waals surface area contributed by atoms with Crippen LogP contribution in [-0.4, -0.2) is 51.1 Å². The van der Waals surface area contributed by atoms with Gasteiger partial charge in [-0.2, -0.15) is 0 Å². The molecule has 30 heavy (non-hydrogen) atoms. The second-order valence-corrected chi connectivity index (χ2v) is 6.52. The minimum atomic E-state index is -0.334. The summed E-state index contributed by atoms with van der Waals surface area (Å²) in [4.78, 5) is 26.5. The van der Waals surface area contributed by atoms with Gasteiger partial charge < -0.3 is 24.4 Å². The summed E-state index contributed by atoms with van der Waals surface area (Å²) in [6.07, 6.45) is 0.0792. The molecule has 0 aliphatic rings. The summed E-state index contributed by atoms with van der Waals surface area (Å²) in [5.41, 5.74) is 1.45. The van der Waals surface area contributed by atoms with E-state index in [1.54, 1.807) is 31.2 Å². The quantitative estimate of drug-likeness (QED) is 0.642. The van der Waals surface area contributed by atoms with Crippen LogP contribution in [-0.2, 0) is 22.6 Å². The highest BCUT2D eigenvalue weighted by molar-refractivity contribution is 5.86. The van der Waals surface area contributed by atoms with Gasteiger partial charge in [0, 0.05) is 13.1 Å². The van der Waals surface area contributed by atoms with Gasteiger partial charge in [-0.05, 0) is 42.3 Å². The van der Waals surface area contributed by atoms with Crippen molar-refractivity contribution in [2.45, 2.75) is 19.9 Å². The Morgan fingerprint density at radius 2 is 1.57 bits per heavy atom. The minimum Gasteiger partial charge on any atom is -0.493 e. The van der Waals surface area contributed by atoms with Crippen molar-refractivity contribution in [3.8, 4) is 17.2 Å². The fourth-order valence-electron chi connectivity index (χ4n) is 2.93. The third kappa shape index (κ3) is 6.10. The average Bonchev–Trinajstić information content (AvgIpc) is 2.76. The lowest BCUT2D eigenvalue weighted by Gasteiger charge is -2.21. The van der Waals surface area contributed by atoms with Crippen molar-refractivity contribution >= 4 is 11.8 Å². The highest BCUT2D eigenvalue weighted by Crippen LogP contribution is 2.38. The standard InChI is InChI=1S/C22H27FN2O5/c1-5-25(14-20(26)24-13-15-6-8-17(23)9-7-15)21(27)12-16-10-18(28-2)22(30-4)19(11-16)29-3/h6-11H,5,12-14H2,1-4H3,(H,24,26). The van der Waals surface area contributed by atoms with E-state index in [0.717, 1.165) is 5.56 Å². The zero-order chi connectivity index (χ0) is 22.1. The molecule has 0 radical (unpaired) electrons. The molecule has 0 unspecified atom stereocenters. The Morgan fingerprint density at radius 3 is 2.07 bits per heavy atom. The molecule has 2 aromatic carbocycles. The van der Waals surface area contributed by atoms with Crippen LogP contribution in [0.2, 0.25) is 0 Å². The third-order valence-corrected chi connectivity index (χ3v) is 4.55. The Labute approximate surface area is 175 Å². The van der Waals surface area contributed by atoms with Crippen LogP contribution in [0.15, 0.2) is 36.4 Å². The molecule has 0 heterocycles. The zero-order valence-corrected chi connectivity index (χ0v) is 17.7. The highest BCUT2D eigenvalue weighted by Gasteiger charge is 2.19. The van der Waals surface area contributed by atoms with Crippen molar-refractivity contribution in [2.24, 2.45) is 0 Å². The van der Waals surface area contributed by atoms with Crippen LogP contribution in [0.5, 0.6) is 17.2 Å². The first-order chi connectivity index (χ1) is 14.4. The Hall–Kier alpha value is -3.29. The van der Waals surface area contributed by atoms with Gasteiger partial charge >= 0.3 is 0 Å². The van der Waals surface area contributed by atoms with Gasteiger partial charge in [0.25, 0.3) is 0 Å². The summed E-state index contributed by atoms with van der Waals surface area (Å²) in [7, 11) is 4.52. The predicted molar refractivity (Wildman–Crippen MR) is 110 cm³/mol. The fraction of sp³-hybridized carbons (Fsp3) is 0.364. The third-order valence-electron chi connectivity index (χ3n) is 4.55. The molecule has 162 valence electrons. The fourth-order valence-corrected chi connectivity index (χ4v) is 2.93. The average molecular weight is 418 g/mol. The number of hydrogen-bond donors (Lipinski definition) is 1. The van der Waals surface area contributed by atoms with Crippen molar-refractivity contribution in [2.75, 3.05) is 34.4 Å². The molecule has 0 saturated heterocycles. The molecule has 2 rings (SSSR count). The summed E-state index contributed by atoms with van der Waals surface area (Å²) in [5.74, 6) is 0.533. The number of amides is 2. The first-order valence-corrected chi connectivity index (χ1v) is 9.49. The van der Waals surface area contributed by atoms with Gasteiger partial charge in [-0.15, -0.1) is 0 Å². The van der Waals surface area contributed by atoms with E-state index in [1.807, 2.05) is 0 Å². The van der Waals surface area contributed by atoms with Gasteiger partial charge in [0.2, 0.25) is 17.6 Å². The van der Waals surface area contributed by atoms with Crippen LogP contribution in [0.25, 0.3) is 0 Å². The number of benzene rings is 2. The van der Waals surface area contributed by atoms with Crippen molar-refractivity contribution in [1.29, 1.82) is 0 Å². The number of ether oxygens (including phenoxy) is 3. The van der Waals surface area contributed by atoms with Crippen molar-refractivity contribution < 1.29 is 28.2 Å². The van der Waals surface area contributed by atoms with Gasteiger partial charge in [0.15, 0.2) is 11.5 Å². The van der Waals surface area contributed by atoms with Crippen molar-refractivity contribution in [1.82, 2.24) is 10.2 Å². The molecule has 2 aromatic rings. The second kappa shape index (κ2) is 11.0. The molecule has 7 nitrogen and oxygen atoms in total. The molecule has 0 spiro atoms. The number of methoxy groups -OCH3 is 3. The molecule has 0 saturated carbocycles. The molecule has 0 aliphatic heterocycles. The second-order valence-electron chi connectivity index (χ2n) is 6.52. The molecule has 0 fully saturated rings. The van der Waals surface area contributed by atoms with Crippen LogP contribution in [0.1, 0.15) is 18.1 Å².